The molecule has 21 heavy (non-hydrogen) atoms. The smallest absolute Gasteiger partial charge is 0.223 e. The third-order valence-corrected chi connectivity index (χ3v) is 3.55. The number of aromatic nitrogens is 6. The highest BCUT2D eigenvalue weighted by Gasteiger charge is 2.22. The summed E-state index contributed by atoms with van der Waals surface area (Å²) in [4.78, 5) is 8.90. The van der Waals surface area contributed by atoms with Crippen LogP contribution in [0.15, 0.2) is 4.52 Å². The fourth-order valence-electron chi connectivity index (χ4n) is 2.47. The van der Waals surface area contributed by atoms with E-state index in [-0.39, 0.29) is 5.38 Å². The predicted octanol–water partition coefficient (Wildman–Crippen LogP) is 2.60. The van der Waals surface area contributed by atoms with Gasteiger partial charge in [0.2, 0.25) is 5.89 Å². The van der Waals surface area contributed by atoms with Gasteiger partial charge in [0.25, 0.3) is 0 Å². The van der Waals surface area contributed by atoms with E-state index in [1.165, 1.54) is 0 Å². The van der Waals surface area contributed by atoms with Gasteiger partial charge < -0.3 is 9.09 Å². The van der Waals surface area contributed by atoms with Crippen molar-refractivity contribution in [3.63, 3.8) is 0 Å². The highest BCUT2D eigenvalue weighted by atomic mass is 35.5. The summed E-state index contributed by atoms with van der Waals surface area (Å²) in [5, 5.41) is 8.24. The van der Waals surface area contributed by atoms with Crippen molar-refractivity contribution in [1.29, 1.82) is 0 Å². The van der Waals surface area contributed by atoms with Gasteiger partial charge in [-0.1, -0.05) is 5.16 Å². The molecule has 0 amide bonds. The van der Waals surface area contributed by atoms with E-state index in [0.29, 0.717) is 18.3 Å². The van der Waals surface area contributed by atoms with E-state index in [4.69, 9.17) is 16.1 Å². The molecule has 3 aromatic heterocycles. The topological polar surface area (TPSA) is 74.6 Å². The van der Waals surface area contributed by atoms with E-state index >= 15 is 0 Å². The molecule has 0 fully saturated rings. The van der Waals surface area contributed by atoms with Crippen molar-refractivity contribution < 1.29 is 4.52 Å². The molecule has 0 radical (unpaired) electrons. The Morgan fingerprint density at radius 1 is 1.29 bits per heavy atom. The second-order valence-corrected chi connectivity index (χ2v) is 5.63. The summed E-state index contributed by atoms with van der Waals surface area (Å²) in [7, 11) is 0. The summed E-state index contributed by atoms with van der Waals surface area (Å²) in [6.45, 7) is 8.90. The Labute approximate surface area is 126 Å². The fraction of sp³-hybridized carbons (Fsp3) is 0.538. The average molecular weight is 309 g/mol. The Balaban J connectivity index is 2.19. The van der Waals surface area contributed by atoms with Crippen LogP contribution in [0.3, 0.4) is 0 Å². The number of aryl methyl sites for hydroxylation is 3. The van der Waals surface area contributed by atoms with Crippen molar-refractivity contribution >= 4 is 22.8 Å². The lowest BCUT2D eigenvalue weighted by Crippen LogP contribution is -2.11. The number of rotatable bonds is 4. The van der Waals surface area contributed by atoms with Crippen LogP contribution < -0.4 is 0 Å². The monoisotopic (exact) mass is 308 g/mol. The van der Waals surface area contributed by atoms with Crippen molar-refractivity contribution in [3.8, 4) is 0 Å². The molecular weight excluding hydrogens is 292 g/mol. The summed E-state index contributed by atoms with van der Waals surface area (Å²) in [6, 6.07) is 0. The first-order valence-electron chi connectivity index (χ1n) is 6.88. The van der Waals surface area contributed by atoms with Crippen LogP contribution in [0.25, 0.3) is 11.2 Å². The summed E-state index contributed by atoms with van der Waals surface area (Å²) in [5.74, 6) is 1.94. The maximum atomic E-state index is 6.28. The van der Waals surface area contributed by atoms with Crippen molar-refractivity contribution in [2.75, 3.05) is 0 Å². The number of hydrogen-bond acceptors (Lipinski definition) is 5. The van der Waals surface area contributed by atoms with Crippen LogP contribution in [0.2, 0.25) is 0 Å². The molecule has 112 valence electrons. The molecule has 3 rings (SSSR count). The maximum Gasteiger partial charge on any atom is 0.223 e. The van der Waals surface area contributed by atoms with Crippen LogP contribution in [-0.2, 0) is 13.1 Å². The molecule has 1 unspecified atom stereocenters. The van der Waals surface area contributed by atoms with E-state index in [2.05, 4.69) is 20.2 Å². The van der Waals surface area contributed by atoms with Crippen LogP contribution in [0.1, 0.15) is 42.5 Å². The average Bonchev–Trinajstić information content (AvgIpc) is 3.08. The fourth-order valence-corrected chi connectivity index (χ4v) is 2.63. The zero-order valence-electron chi connectivity index (χ0n) is 12.5. The summed E-state index contributed by atoms with van der Waals surface area (Å²) >= 11 is 6.28. The molecule has 0 spiro atoms. The number of hydrogen-bond donors (Lipinski definition) is 0. The summed E-state index contributed by atoms with van der Waals surface area (Å²) in [5.41, 5.74) is 2.72. The van der Waals surface area contributed by atoms with Crippen molar-refractivity contribution in [2.45, 2.75) is 46.2 Å². The van der Waals surface area contributed by atoms with Crippen LogP contribution >= 0.6 is 11.6 Å². The van der Waals surface area contributed by atoms with Crippen LogP contribution in [0, 0.1) is 13.8 Å². The summed E-state index contributed by atoms with van der Waals surface area (Å²) < 4.78 is 8.98. The van der Waals surface area contributed by atoms with Crippen LogP contribution in [0.5, 0.6) is 0 Å². The van der Waals surface area contributed by atoms with Crippen molar-refractivity contribution in [1.82, 2.24) is 29.5 Å². The number of nitrogens with zero attached hydrogens (tertiary/aromatic N) is 6. The normalized spacial score (nSPS) is 13.2. The van der Waals surface area contributed by atoms with E-state index in [1.807, 2.05) is 30.0 Å². The Bertz CT molecular complexity index is 784. The molecule has 3 heterocycles. The molecule has 8 heteroatoms. The molecule has 0 aliphatic rings. The van der Waals surface area contributed by atoms with Crippen molar-refractivity contribution in [3.05, 3.63) is 23.2 Å². The minimum absolute atomic E-state index is 0.213. The van der Waals surface area contributed by atoms with Gasteiger partial charge in [0, 0.05) is 13.5 Å². The first-order chi connectivity index (χ1) is 10.0. The predicted molar refractivity (Wildman–Crippen MR) is 78.3 cm³/mol. The second-order valence-electron chi connectivity index (χ2n) is 4.98. The van der Waals surface area contributed by atoms with Gasteiger partial charge in [0.05, 0.1) is 17.6 Å². The van der Waals surface area contributed by atoms with Gasteiger partial charge in [-0.25, -0.2) is 9.67 Å². The molecule has 0 saturated heterocycles. The third kappa shape index (κ3) is 2.31. The van der Waals surface area contributed by atoms with Crippen LogP contribution in [0.4, 0.5) is 0 Å². The SMILES string of the molecule is CCn1nc(C)c2nc(C(C)Cl)n(Cc3noc(C)n3)c21. The Morgan fingerprint density at radius 2 is 2.05 bits per heavy atom. The molecular formula is C13H17ClN6O. The first kappa shape index (κ1) is 14.1. The number of imidazole rings is 1. The van der Waals surface area contributed by atoms with Gasteiger partial charge in [-0.2, -0.15) is 10.1 Å². The molecule has 0 aliphatic carbocycles. The highest BCUT2D eigenvalue weighted by Crippen LogP contribution is 2.27. The molecule has 0 aromatic carbocycles. The molecule has 0 N–H and O–H groups in total. The van der Waals surface area contributed by atoms with Gasteiger partial charge in [-0.05, 0) is 20.8 Å². The lowest BCUT2D eigenvalue weighted by atomic mass is 10.4. The van der Waals surface area contributed by atoms with Crippen LogP contribution in [-0.4, -0.2) is 29.5 Å². The molecule has 0 saturated carbocycles. The second kappa shape index (κ2) is 5.14. The van der Waals surface area contributed by atoms with Gasteiger partial charge >= 0.3 is 0 Å². The molecule has 0 aliphatic heterocycles. The number of alkyl halides is 1. The number of fused-ring (bicyclic) bond motifs is 1. The number of halogens is 1. The van der Waals surface area contributed by atoms with Crippen molar-refractivity contribution in [2.24, 2.45) is 0 Å². The highest BCUT2D eigenvalue weighted by molar-refractivity contribution is 6.20. The first-order valence-corrected chi connectivity index (χ1v) is 7.31. The zero-order chi connectivity index (χ0) is 15.1. The van der Waals surface area contributed by atoms with E-state index < -0.39 is 0 Å². The Morgan fingerprint density at radius 3 is 2.62 bits per heavy atom. The van der Waals surface area contributed by atoms with Gasteiger partial charge in [0.1, 0.15) is 11.3 Å². The molecule has 3 aromatic rings. The zero-order valence-corrected chi connectivity index (χ0v) is 13.2. The minimum atomic E-state index is -0.213. The molecule has 0 bridgehead atoms. The van der Waals surface area contributed by atoms with E-state index in [1.54, 1.807) is 6.92 Å². The molecule has 1 atom stereocenters. The molecule has 7 nitrogen and oxygen atoms in total. The minimum Gasteiger partial charge on any atom is -0.340 e. The third-order valence-electron chi connectivity index (χ3n) is 3.35. The lowest BCUT2D eigenvalue weighted by molar-refractivity contribution is 0.386. The standard InChI is InChI=1S/C13H17ClN6O/c1-5-20-13-11(8(3)17-20)16-12(7(2)14)19(13)6-10-15-9(4)21-18-10/h7H,5-6H2,1-4H3. The van der Waals surface area contributed by atoms with Gasteiger partial charge in [0.15, 0.2) is 11.5 Å². The Kier molecular flexibility index (Phi) is 3.44. The Hall–Kier alpha value is -1.89. The largest absolute Gasteiger partial charge is 0.340 e. The summed E-state index contributed by atoms with van der Waals surface area (Å²) in [6.07, 6.45) is 0. The lowest BCUT2D eigenvalue weighted by Gasteiger charge is -2.09. The van der Waals surface area contributed by atoms with Gasteiger partial charge in [-0.3, -0.25) is 0 Å². The van der Waals surface area contributed by atoms with E-state index in [9.17, 15) is 0 Å². The van der Waals surface area contributed by atoms with E-state index in [0.717, 1.165) is 29.2 Å². The van der Waals surface area contributed by atoms with Gasteiger partial charge in [-0.15, -0.1) is 11.6 Å². The quantitative estimate of drug-likeness (QED) is 0.693. The maximum absolute atomic E-state index is 6.28.